The number of carbonyl (C=O) groups excluding carboxylic acids is 1. The number of morpholine rings is 1. The molecular formula is C17H21NO6. The molecule has 1 N–H and O–H groups in total. The fourth-order valence-electron chi connectivity index (χ4n) is 3.09. The van der Waals surface area contributed by atoms with Crippen LogP contribution in [0.1, 0.15) is 12.5 Å². The molecule has 1 fully saturated rings. The van der Waals surface area contributed by atoms with Crippen LogP contribution in [0.3, 0.4) is 0 Å². The van der Waals surface area contributed by atoms with Gasteiger partial charge in [-0.2, -0.15) is 0 Å². The number of carboxylic acids is 1. The standard InChI is InChI=1S/C17H21NO6/c1-2-23-13-3-4-15-11(8-13)7-12(9-24-15)16(19)18-5-6-22-10-14(18)17(20)21/h3-4,8,12,14H,2,5-7,9-10H2,1H3,(H,20,21)/t12-,14-/m0/s1. The lowest BCUT2D eigenvalue weighted by molar-refractivity contribution is -0.161. The molecule has 7 nitrogen and oxygen atoms in total. The molecule has 2 heterocycles. The first-order chi connectivity index (χ1) is 11.6. The highest BCUT2D eigenvalue weighted by atomic mass is 16.5. The van der Waals surface area contributed by atoms with Crippen molar-refractivity contribution in [2.75, 3.05) is 33.0 Å². The number of amides is 1. The molecule has 1 saturated heterocycles. The van der Waals surface area contributed by atoms with Gasteiger partial charge < -0.3 is 24.2 Å². The Morgan fingerprint density at radius 2 is 2.21 bits per heavy atom. The van der Waals surface area contributed by atoms with E-state index in [4.69, 9.17) is 14.2 Å². The molecule has 0 saturated carbocycles. The molecule has 0 aromatic heterocycles. The number of rotatable bonds is 4. The minimum Gasteiger partial charge on any atom is -0.494 e. The molecule has 0 radical (unpaired) electrons. The molecule has 24 heavy (non-hydrogen) atoms. The van der Waals surface area contributed by atoms with Crippen molar-refractivity contribution in [2.24, 2.45) is 5.92 Å². The summed E-state index contributed by atoms with van der Waals surface area (Å²) in [6.07, 6.45) is 0.513. The second kappa shape index (κ2) is 7.09. The maximum Gasteiger partial charge on any atom is 0.328 e. The van der Waals surface area contributed by atoms with E-state index in [2.05, 4.69) is 0 Å². The van der Waals surface area contributed by atoms with Crippen molar-refractivity contribution < 1.29 is 28.9 Å². The van der Waals surface area contributed by atoms with Crippen LogP contribution < -0.4 is 9.47 Å². The van der Waals surface area contributed by atoms with Crippen molar-refractivity contribution in [1.29, 1.82) is 0 Å². The van der Waals surface area contributed by atoms with Gasteiger partial charge in [0.15, 0.2) is 6.04 Å². The lowest BCUT2D eigenvalue weighted by atomic mass is 9.94. The highest BCUT2D eigenvalue weighted by Crippen LogP contribution is 2.31. The Bertz CT molecular complexity index is 632. The molecule has 0 bridgehead atoms. The van der Waals surface area contributed by atoms with Crippen LogP contribution >= 0.6 is 0 Å². The molecule has 130 valence electrons. The number of benzene rings is 1. The topological polar surface area (TPSA) is 85.3 Å². The van der Waals surface area contributed by atoms with Crippen LogP contribution in [-0.2, 0) is 20.7 Å². The van der Waals surface area contributed by atoms with E-state index in [1.54, 1.807) is 0 Å². The highest BCUT2D eigenvalue weighted by molar-refractivity contribution is 5.86. The predicted octanol–water partition coefficient (Wildman–Crippen LogP) is 0.948. The first-order valence-corrected chi connectivity index (χ1v) is 8.09. The number of carboxylic acid groups (broad SMARTS) is 1. The van der Waals surface area contributed by atoms with Crippen LogP contribution in [0.25, 0.3) is 0 Å². The molecule has 1 amide bonds. The van der Waals surface area contributed by atoms with E-state index in [-0.39, 0.29) is 25.7 Å². The summed E-state index contributed by atoms with van der Waals surface area (Å²) in [5.41, 5.74) is 0.908. The van der Waals surface area contributed by atoms with E-state index >= 15 is 0 Å². The third-order valence-corrected chi connectivity index (χ3v) is 4.30. The van der Waals surface area contributed by atoms with Gasteiger partial charge in [0.1, 0.15) is 18.1 Å². The minimum absolute atomic E-state index is 0.0275. The van der Waals surface area contributed by atoms with Gasteiger partial charge in [0.05, 0.1) is 25.7 Å². The Kier molecular flexibility index (Phi) is 4.89. The number of hydrogen-bond donors (Lipinski definition) is 1. The maximum absolute atomic E-state index is 12.8. The van der Waals surface area contributed by atoms with Gasteiger partial charge in [0.2, 0.25) is 5.91 Å². The number of fused-ring (bicyclic) bond motifs is 1. The van der Waals surface area contributed by atoms with Crippen molar-refractivity contribution >= 4 is 11.9 Å². The number of aliphatic carboxylic acids is 1. The van der Waals surface area contributed by atoms with Crippen molar-refractivity contribution in [3.8, 4) is 11.5 Å². The highest BCUT2D eigenvalue weighted by Gasteiger charge is 2.37. The smallest absolute Gasteiger partial charge is 0.328 e. The van der Waals surface area contributed by atoms with Gasteiger partial charge >= 0.3 is 5.97 Å². The van der Waals surface area contributed by atoms with Crippen molar-refractivity contribution in [3.05, 3.63) is 23.8 Å². The van der Waals surface area contributed by atoms with Gasteiger partial charge in [0.25, 0.3) is 0 Å². The number of ether oxygens (including phenoxy) is 3. The SMILES string of the molecule is CCOc1ccc2c(c1)C[C@H](C(=O)N1CCOC[C@H]1C(=O)O)CO2. The third-order valence-electron chi connectivity index (χ3n) is 4.30. The summed E-state index contributed by atoms with van der Waals surface area (Å²) in [5.74, 6) is -0.145. The second-order valence-electron chi connectivity index (χ2n) is 5.88. The summed E-state index contributed by atoms with van der Waals surface area (Å²) in [5, 5.41) is 9.29. The summed E-state index contributed by atoms with van der Waals surface area (Å²) in [6, 6.07) is 4.64. The zero-order valence-corrected chi connectivity index (χ0v) is 13.6. The Hall–Kier alpha value is -2.28. The summed E-state index contributed by atoms with van der Waals surface area (Å²) in [6.45, 7) is 3.40. The average molecular weight is 335 g/mol. The lowest BCUT2D eigenvalue weighted by Gasteiger charge is -2.36. The average Bonchev–Trinajstić information content (AvgIpc) is 2.60. The summed E-state index contributed by atoms with van der Waals surface area (Å²) in [4.78, 5) is 25.5. The molecule has 2 aliphatic heterocycles. The van der Waals surface area contributed by atoms with Crippen molar-refractivity contribution in [3.63, 3.8) is 0 Å². The first-order valence-electron chi connectivity index (χ1n) is 8.09. The first kappa shape index (κ1) is 16.6. The van der Waals surface area contributed by atoms with E-state index in [1.807, 2.05) is 25.1 Å². The minimum atomic E-state index is -1.04. The van der Waals surface area contributed by atoms with Crippen LogP contribution in [0.2, 0.25) is 0 Å². The van der Waals surface area contributed by atoms with Gasteiger partial charge in [-0.1, -0.05) is 0 Å². The van der Waals surface area contributed by atoms with Crippen molar-refractivity contribution in [1.82, 2.24) is 4.90 Å². The fourth-order valence-corrected chi connectivity index (χ4v) is 3.09. The number of nitrogens with zero attached hydrogens (tertiary/aromatic N) is 1. The summed E-state index contributed by atoms with van der Waals surface area (Å²) < 4.78 is 16.4. The molecule has 1 aromatic rings. The van der Waals surface area contributed by atoms with E-state index in [1.165, 1.54) is 4.90 Å². The van der Waals surface area contributed by atoms with E-state index < -0.39 is 17.9 Å². The van der Waals surface area contributed by atoms with Crippen LogP contribution in [0.15, 0.2) is 18.2 Å². The van der Waals surface area contributed by atoms with Crippen molar-refractivity contribution in [2.45, 2.75) is 19.4 Å². The molecule has 0 aliphatic carbocycles. The molecule has 2 atom stereocenters. The Morgan fingerprint density at radius 1 is 1.38 bits per heavy atom. The van der Waals surface area contributed by atoms with Gasteiger partial charge in [-0.25, -0.2) is 4.79 Å². The Balaban J connectivity index is 1.75. The van der Waals surface area contributed by atoms with Gasteiger partial charge in [-0.3, -0.25) is 4.79 Å². The fraction of sp³-hybridized carbons (Fsp3) is 0.529. The van der Waals surface area contributed by atoms with Crippen LogP contribution in [0, 0.1) is 5.92 Å². The Morgan fingerprint density at radius 3 is 2.96 bits per heavy atom. The largest absolute Gasteiger partial charge is 0.494 e. The van der Waals surface area contributed by atoms with Crippen LogP contribution in [0.5, 0.6) is 11.5 Å². The molecular weight excluding hydrogens is 314 g/mol. The van der Waals surface area contributed by atoms with Crippen LogP contribution in [0.4, 0.5) is 0 Å². The van der Waals surface area contributed by atoms with Gasteiger partial charge in [-0.05, 0) is 37.1 Å². The monoisotopic (exact) mass is 335 g/mol. The lowest BCUT2D eigenvalue weighted by Crippen LogP contribution is -2.55. The molecule has 7 heteroatoms. The van der Waals surface area contributed by atoms with E-state index in [9.17, 15) is 14.7 Å². The second-order valence-corrected chi connectivity index (χ2v) is 5.88. The molecule has 3 rings (SSSR count). The van der Waals surface area contributed by atoms with Crippen LogP contribution in [-0.4, -0.2) is 60.9 Å². The molecule has 1 aromatic carbocycles. The van der Waals surface area contributed by atoms with Gasteiger partial charge in [-0.15, -0.1) is 0 Å². The summed E-state index contributed by atoms with van der Waals surface area (Å²) >= 11 is 0. The Labute approximate surface area is 140 Å². The van der Waals surface area contributed by atoms with Gasteiger partial charge in [0, 0.05) is 6.54 Å². The molecule has 0 unspecified atom stereocenters. The normalized spacial score (nSPS) is 23.1. The number of carbonyl (C=O) groups is 2. The quantitative estimate of drug-likeness (QED) is 0.882. The van der Waals surface area contributed by atoms with E-state index in [0.717, 1.165) is 17.1 Å². The number of hydrogen-bond acceptors (Lipinski definition) is 5. The molecule has 0 spiro atoms. The zero-order chi connectivity index (χ0) is 17.1. The summed E-state index contributed by atoms with van der Waals surface area (Å²) in [7, 11) is 0. The third kappa shape index (κ3) is 3.31. The predicted molar refractivity (Wildman–Crippen MR) is 84.3 cm³/mol. The molecule has 2 aliphatic rings. The zero-order valence-electron chi connectivity index (χ0n) is 13.6. The maximum atomic E-state index is 12.8. The van der Waals surface area contributed by atoms with E-state index in [0.29, 0.717) is 19.6 Å².